The van der Waals surface area contributed by atoms with Crippen LogP contribution in [0.3, 0.4) is 0 Å². The zero-order chi connectivity index (χ0) is 17.2. The number of nitrogens with one attached hydrogen (secondary N) is 3. The molecule has 1 unspecified atom stereocenters. The summed E-state index contributed by atoms with van der Waals surface area (Å²) in [6.07, 6.45) is 0.310. The van der Waals surface area contributed by atoms with E-state index in [1.54, 1.807) is 12.1 Å². The van der Waals surface area contributed by atoms with Gasteiger partial charge in [-0.1, -0.05) is 12.1 Å². The van der Waals surface area contributed by atoms with Gasteiger partial charge in [0.05, 0.1) is 6.04 Å². The molecule has 0 aliphatic carbocycles. The Morgan fingerprint density at radius 3 is 2.68 bits per heavy atom. The maximum atomic E-state index is 12.0. The fourth-order valence-electron chi connectivity index (χ4n) is 2.75. The highest BCUT2D eigenvalue weighted by Crippen LogP contribution is 2.25. The maximum absolute atomic E-state index is 12.0. The zero-order valence-electron chi connectivity index (χ0n) is 13.3. The van der Waals surface area contributed by atoms with E-state index in [1.165, 1.54) is 0 Å². The summed E-state index contributed by atoms with van der Waals surface area (Å²) in [5, 5.41) is 8.18. The largest absolute Gasteiger partial charge is 0.436 e. The lowest BCUT2D eigenvalue weighted by atomic mass is 10.2. The van der Waals surface area contributed by atoms with Crippen molar-refractivity contribution < 1.29 is 14.0 Å². The minimum atomic E-state index is -0.337. The molecule has 7 heteroatoms. The van der Waals surface area contributed by atoms with Gasteiger partial charge < -0.3 is 20.4 Å². The highest BCUT2D eigenvalue weighted by molar-refractivity contribution is 5.90. The predicted octanol–water partition coefficient (Wildman–Crippen LogP) is 2.50. The van der Waals surface area contributed by atoms with Crippen molar-refractivity contribution in [2.45, 2.75) is 12.5 Å². The van der Waals surface area contributed by atoms with Gasteiger partial charge in [0.25, 0.3) is 0 Å². The standard InChI is InChI=1S/C18H16N4O3/c23-16-9-13(10-19-16)21-18(24)20-12-7-5-11(6-8-12)17-22-14-3-1-2-4-15(14)25-17/h1-8,13H,9-10H2,(H,19,23)(H2,20,21,24). The minimum Gasteiger partial charge on any atom is -0.436 e. The topological polar surface area (TPSA) is 96.3 Å². The Morgan fingerprint density at radius 2 is 1.96 bits per heavy atom. The van der Waals surface area contributed by atoms with Gasteiger partial charge in [-0.15, -0.1) is 0 Å². The Balaban J connectivity index is 1.43. The lowest BCUT2D eigenvalue weighted by Gasteiger charge is -2.11. The summed E-state index contributed by atoms with van der Waals surface area (Å²) in [6.45, 7) is 0.461. The van der Waals surface area contributed by atoms with Crippen molar-refractivity contribution >= 4 is 28.7 Å². The van der Waals surface area contributed by atoms with Crippen LogP contribution < -0.4 is 16.0 Å². The second-order valence-electron chi connectivity index (χ2n) is 5.87. The molecule has 0 radical (unpaired) electrons. The first-order chi connectivity index (χ1) is 12.2. The number of carbonyl (C=O) groups excluding carboxylic acids is 2. The van der Waals surface area contributed by atoms with Crippen LogP contribution in [-0.4, -0.2) is 29.5 Å². The van der Waals surface area contributed by atoms with Crippen LogP contribution >= 0.6 is 0 Å². The van der Waals surface area contributed by atoms with E-state index >= 15 is 0 Å². The summed E-state index contributed by atoms with van der Waals surface area (Å²) in [4.78, 5) is 27.5. The van der Waals surface area contributed by atoms with Crippen LogP contribution in [0.15, 0.2) is 52.9 Å². The van der Waals surface area contributed by atoms with Crippen LogP contribution in [0.2, 0.25) is 0 Å². The molecule has 3 N–H and O–H groups in total. The first-order valence-electron chi connectivity index (χ1n) is 7.97. The number of para-hydroxylation sites is 2. The number of amides is 3. The smallest absolute Gasteiger partial charge is 0.319 e. The normalized spacial score (nSPS) is 16.6. The Kier molecular flexibility index (Phi) is 3.81. The van der Waals surface area contributed by atoms with Gasteiger partial charge in [-0.2, -0.15) is 0 Å². The Bertz CT molecular complexity index is 900. The van der Waals surface area contributed by atoms with Crippen LogP contribution in [0.4, 0.5) is 10.5 Å². The van der Waals surface area contributed by atoms with Crippen molar-refractivity contribution in [2.75, 3.05) is 11.9 Å². The number of hydrogen-bond acceptors (Lipinski definition) is 4. The third kappa shape index (κ3) is 3.30. The molecule has 1 atom stereocenters. The zero-order valence-corrected chi connectivity index (χ0v) is 13.3. The number of rotatable bonds is 3. The van der Waals surface area contributed by atoms with E-state index < -0.39 is 0 Å². The van der Waals surface area contributed by atoms with Crippen LogP contribution in [-0.2, 0) is 4.79 Å². The van der Waals surface area contributed by atoms with E-state index in [9.17, 15) is 9.59 Å². The molecule has 3 aromatic rings. The summed E-state index contributed by atoms with van der Waals surface area (Å²) in [7, 11) is 0. The summed E-state index contributed by atoms with van der Waals surface area (Å²) >= 11 is 0. The van der Waals surface area contributed by atoms with E-state index in [0.717, 1.165) is 16.7 Å². The lowest BCUT2D eigenvalue weighted by Crippen LogP contribution is -2.39. The SMILES string of the molecule is O=C1CC(NC(=O)Nc2ccc(-c3nc4ccccc4o3)cc2)CN1. The van der Waals surface area contributed by atoms with E-state index in [2.05, 4.69) is 20.9 Å². The Hall–Kier alpha value is -3.35. The Labute approximate surface area is 143 Å². The second-order valence-corrected chi connectivity index (χ2v) is 5.87. The molecular weight excluding hydrogens is 320 g/mol. The number of nitrogens with zero attached hydrogens (tertiary/aromatic N) is 1. The number of fused-ring (bicyclic) bond motifs is 1. The number of benzene rings is 2. The number of hydrogen-bond donors (Lipinski definition) is 3. The molecule has 1 saturated heterocycles. The average Bonchev–Trinajstić information content (AvgIpc) is 3.21. The molecule has 4 rings (SSSR count). The average molecular weight is 336 g/mol. The van der Waals surface area contributed by atoms with E-state index in [-0.39, 0.29) is 18.0 Å². The molecule has 1 aliphatic heterocycles. The van der Waals surface area contributed by atoms with Crippen LogP contribution in [0, 0.1) is 0 Å². The molecule has 7 nitrogen and oxygen atoms in total. The van der Waals surface area contributed by atoms with Crippen LogP contribution in [0.5, 0.6) is 0 Å². The number of carbonyl (C=O) groups is 2. The first kappa shape index (κ1) is 15.2. The van der Waals surface area contributed by atoms with Gasteiger partial charge in [-0.25, -0.2) is 9.78 Å². The van der Waals surface area contributed by atoms with Crippen molar-refractivity contribution in [3.63, 3.8) is 0 Å². The van der Waals surface area contributed by atoms with Crippen molar-refractivity contribution in [3.05, 3.63) is 48.5 Å². The fourth-order valence-corrected chi connectivity index (χ4v) is 2.75. The number of urea groups is 1. The molecule has 1 aliphatic rings. The van der Waals surface area contributed by atoms with Gasteiger partial charge in [0.15, 0.2) is 5.58 Å². The number of aromatic nitrogens is 1. The predicted molar refractivity (Wildman–Crippen MR) is 93.0 cm³/mol. The summed E-state index contributed by atoms with van der Waals surface area (Å²) < 4.78 is 5.72. The third-order valence-corrected chi connectivity index (χ3v) is 4.00. The van der Waals surface area contributed by atoms with Gasteiger partial charge in [-0.3, -0.25) is 4.79 Å². The molecule has 126 valence electrons. The first-order valence-corrected chi connectivity index (χ1v) is 7.97. The van der Waals surface area contributed by atoms with Crippen LogP contribution in [0.25, 0.3) is 22.6 Å². The lowest BCUT2D eigenvalue weighted by molar-refractivity contribution is -0.119. The van der Waals surface area contributed by atoms with E-state index in [0.29, 0.717) is 24.5 Å². The quantitative estimate of drug-likeness (QED) is 0.685. The van der Waals surface area contributed by atoms with Gasteiger partial charge in [0.2, 0.25) is 11.8 Å². The van der Waals surface area contributed by atoms with E-state index in [1.807, 2.05) is 36.4 Å². The molecule has 0 saturated carbocycles. The summed E-state index contributed by atoms with van der Waals surface area (Å²) in [5.74, 6) is 0.487. The van der Waals surface area contributed by atoms with Crippen molar-refractivity contribution in [1.82, 2.24) is 15.6 Å². The molecule has 3 amide bonds. The highest BCUT2D eigenvalue weighted by Gasteiger charge is 2.22. The molecule has 25 heavy (non-hydrogen) atoms. The third-order valence-electron chi connectivity index (χ3n) is 4.00. The van der Waals surface area contributed by atoms with E-state index in [4.69, 9.17) is 4.42 Å². The van der Waals surface area contributed by atoms with Gasteiger partial charge in [0, 0.05) is 24.2 Å². The van der Waals surface area contributed by atoms with Gasteiger partial charge in [-0.05, 0) is 36.4 Å². The fraction of sp³-hybridized carbons (Fsp3) is 0.167. The number of anilines is 1. The molecule has 2 aromatic carbocycles. The monoisotopic (exact) mass is 336 g/mol. The minimum absolute atomic E-state index is 0.0482. The van der Waals surface area contributed by atoms with Crippen molar-refractivity contribution in [3.8, 4) is 11.5 Å². The molecular formula is C18H16N4O3. The van der Waals surface area contributed by atoms with Crippen LogP contribution in [0.1, 0.15) is 6.42 Å². The summed E-state index contributed by atoms with van der Waals surface area (Å²) in [6, 6.07) is 14.3. The van der Waals surface area contributed by atoms with Gasteiger partial charge >= 0.3 is 6.03 Å². The maximum Gasteiger partial charge on any atom is 0.319 e. The summed E-state index contributed by atoms with van der Waals surface area (Å²) in [5.41, 5.74) is 3.01. The molecule has 0 spiro atoms. The second kappa shape index (κ2) is 6.27. The van der Waals surface area contributed by atoms with Crippen molar-refractivity contribution in [1.29, 1.82) is 0 Å². The Morgan fingerprint density at radius 1 is 1.16 bits per heavy atom. The number of oxazole rings is 1. The molecule has 1 aromatic heterocycles. The molecule has 2 heterocycles. The molecule has 0 bridgehead atoms. The van der Waals surface area contributed by atoms with Crippen molar-refractivity contribution in [2.24, 2.45) is 0 Å². The molecule has 1 fully saturated rings. The van der Waals surface area contributed by atoms with Gasteiger partial charge in [0.1, 0.15) is 5.52 Å². The highest BCUT2D eigenvalue weighted by atomic mass is 16.3.